The summed E-state index contributed by atoms with van der Waals surface area (Å²) < 4.78 is 10.7. The number of quaternary nitrogens is 1. The van der Waals surface area contributed by atoms with Crippen LogP contribution in [0.25, 0.3) is 0 Å². The van der Waals surface area contributed by atoms with E-state index in [1.807, 2.05) is 21.1 Å². The molecule has 0 fully saturated rings. The number of hydrogen-bond acceptors (Lipinski definition) is 5. The molecule has 0 aromatic carbocycles. The summed E-state index contributed by atoms with van der Waals surface area (Å²) in [5.41, 5.74) is 0. The number of allylic oxidation sites excluding steroid dienone is 10. The van der Waals surface area contributed by atoms with E-state index in [2.05, 4.69) is 67.7 Å². The number of carbonyl (C=O) groups excluding carboxylic acids is 1. The van der Waals surface area contributed by atoms with Crippen molar-refractivity contribution in [3.8, 4) is 0 Å². The summed E-state index contributed by atoms with van der Waals surface area (Å²) in [5, 5.41) is 19.2. The number of rotatable bonds is 22. The van der Waals surface area contributed by atoms with E-state index < -0.39 is 18.1 Å². The van der Waals surface area contributed by atoms with Gasteiger partial charge in [-0.2, -0.15) is 0 Å². The fraction of sp³-hybridized carbons (Fsp3) is 0.600. The highest BCUT2D eigenvalue weighted by molar-refractivity contribution is 5.72. The third-order valence-electron chi connectivity index (χ3n) is 5.41. The van der Waals surface area contributed by atoms with Crippen molar-refractivity contribution in [2.45, 2.75) is 76.9 Å². The molecule has 0 aromatic rings. The van der Waals surface area contributed by atoms with E-state index in [0.29, 0.717) is 23.7 Å². The first-order chi connectivity index (χ1) is 17.7. The van der Waals surface area contributed by atoms with Crippen LogP contribution in [0.4, 0.5) is 0 Å². The van der Waals surface area contributed by atoms with Gasteiger partial charge in [0.05, 0.1) is 34.4 Å². The predicted octanol–water partition coefficient (Wildman–Crippen LogP) is 5.38. The highest BCUT2D eigenvalue weighted by Crippen LogP contribution is 2.08. The Bertz CT molecular complexity index is 746. The Hall–Kier alpha value is -2.48. The standard InChI is InChI=1S/C30H49NO6/c1-5-6-7-8-9-10-11-12-13-14-15-16-17-18-19-20-21-22-29(33)37-26-27(32)25-36-24-23-28(30(34)35)31(2,3)4/h6-7,9-10,12-13,15-16,18-19,27-28,32H,5,8,11,14,17,20-26H2,1-4H3/p+1/b7-6-,10-9-,13-12-,16-15-,19-18-. The van der Waals surface area contributed by atoms with Gasteiger partial charge >= 0.3 is 11.9 Å². The maximum absolute atomic E-state index is 11.8. The van der Waals surface area contributed by atoms with Crippen LogP contribution in [0.15, 0.2) is 60.8 Å². The first-order valence-electron chi connectivity index (χ1n) is 13.4. The summed E-state index contributed by atoms with van der Waals surface area (Å²) >= 11 is 0. The zero-order valence-electron chi connectivity index (χ0n) is 23.4. The second-order valence-electron chi connectivity index (χ2n) is 9.77. The van der Waals surface area contributed by atoms with E-state index in [0.717, 1.165) is 38.5 Å². The average molecular weight is 521 g/mol. The van der Waals surface area contributed by atoms with Crippen molar-refractivity contribution in [3.05, 3.63) is 60.8 Å². The number of nitrogens with zero attached hydrogens (tertiary/aromatic N) is 1. The van der Waals surface area contributed by atoms with E-state index >= 15 is 0 Å². The van der Waals surface area contributed by atoms with Crippen molar-refractivity contribution in [3.63, 3.8) is 0 Å². The molecule has 0 saturated heterocycles. The third kappa shape index (κ3) is 22.4. The summed E-state index contributed by atoms with van der Waals surface area (Å²) in [7, 11) is 5.44. The number of hydrogen-bond donors (Lipinski definition) is 2. The van der Waals surface area contributed by atoms with E-state index in [9.17, 15) is 19.8 Å². The lowest BCUT2D eigenvalue weighted by Gasteiger charge is -2.31. The molecule has 0 aliphatic heterocycles. The van der Waals surface area contributed by atoms with Crippen LogP contribution in [0.5, 0.6) is 0 Å². The lowest BCUT2D eigenvalue weighted by molar-refractivity contribution is -0.887. The second kappa shape index (κ2) is 22.7. The predicted molar refractivity (Wildman–Crippen MR) is 150 cm³/mol. The lowest BCUT2D eigenvalue weighted by atomic mass is 10.1. The Labute approximate surface area is 224 Å². The number of esters is 1. The molecule has 0 aliphatic carbocycles. The molecule has 37 heavy (non-hydrogen) atoms. The largest absolute Gasteiger partial charge is 0.477 e. The maximum atomic E-state index is 11.8. The van der Waals surface area contributed by atoms with Crippen molar-refractivity contribution in [1.82, 2.24) is 0 Å². The number of unbranched alkanes of at least 4 members (excludes halogenated alkanes) is 1. The van der Waals surface area contributed by atoms with E-state index in [4.69, 9.17) is 9.47 Å². The molecule has 0 rings (SSSR count). The topological polar surface area (TPSA) is 93.1 Å². The molecule has 0 spiro atoms. The quantitative estimate of drug-likeness (QED) is 0.0862. The Kier molecular flexibility index (Phi) is 21.2. The van der Waals surface area contributed by atoms with Crippen molar-refractivity contribution >= 4 is 11.9 Å². The van der Waals surface area contributed by atoms with Crippen LogP contribution in [0.3, 0.4) is 0 Å². The first kappa shape index (κ1) is 34.5. The maximum Gasteiger partial charge on any atom is 0.362 e. The molecule has 0 saturated carbocycles. The SMILES string of the molecule is CC/C=C\C/C=C\C/C=C\C/C=C\C/C=C\CCCC(=O)OCC(O)COCCC(C(=O)O)[N+](C)(C)C. The van der Waals surface area contributed by atoms with Crippen LogP contribution in [0.1, 0.15) is 64.7 Å². The minimum Gasteiger partial charge on any atom is -0.477 e. The number of carbonyl (C=O) groups is 2. The molecule has 7 nitrogen and oxygen atoms in total. The minimum atomic E-state index is -0.928. The summed E-state index contributed by atoms with van der Waals surface area (Å²) in [6.07, 6.45) is 27.6. The number of likely N-dealkylation sites (N-methyl/N-ethyl adjacent to an activating group) is 1. The number of aliphatic hydroxyl groups is 1. The molecule has 0 aromatic heterocycles. The van der Waals surface area contributed by atoms with Crippen LogP contribution < -0.4 is 0 Å². The van der Waals surface area contributed by atoms with Crippen LogP contribution in [0, 0.1) is 0 Å². The summed E-state index contributed by atoms with van der Waals surface area (Å²) in [6.45, 7) is 2.22. The molecular weight excluding hydrogens is 470 g/mol. The average Bonchev–Trinajstić information content (AvgIpc) is 2.83. The molecule has 0 radical (unpaired) electrons. The van der Waals surface area contributed by atoms with Gasteiger partial charge in [0.1, 0.15) is 12.7 Å². The molecular formula is C30H50NO6+. The van der Waals surface area contributed by atoms with Crippen molar-refractivity contribution in [2.75, 3.05) is 41.0 Å². The number of aliphatic carboxylic acids is 1. The molecule has 2 unspecified atom stereocenters. The smallest absolute Gasteiger partial charge is 0.362 e. The normalized spacial score (nSPS) is 14.5. The Morgan fingerprint density at radius 3 is 1.81 bits per heavy atom. The molecule has 0 bridgehead atoms. The molecule has 0 heterocycles. The molecule has 0 amide bonds. The molecule has 7 heteroatoms. The Morgan fingerprint density at radius 1 is 0.811 bits per heavy atom. The Balaban J connectivity index is 3.75. The summed E-state index contributed by atoms with van der Waals surface area (Å²) in [5.74, 6) is -1.22. The first-order valence-corrected chi connectivity index (χ1v) is 13.4. The fourth-order valence-electron chi connectivity index (χ4n) is 3.30. The van der Waals surface area contributed by atoms with E-state index in [1.165, 1.54) is 0 Å². The van der Waals surface area contributed by atoms with Crippen molar-refractivity contribution in [2.24, 2.45) is 0 Å². The van der Waals surface area contributed by atoms with Crippen molar-refractivity contribution < 1.29 is 33.8 Å². The highest BCUT2D eigenvalue weighted by Gasteiger charge is 2.30. The number of carboxylic acids is 1. The second-order valence-corrected chi connectivity index (χ2v) is 9.77. The molecule has 210 valence electrons. The van der Waals surface area contributed by atoms with Gasteiger partial charge in [0.25, 0.3) is 0 Å². The van der Waals surface area contributed by atoms with Gasteiger partial charge in [-0.1, -0.05) is 67.7 Å². The van der Waals surface area contributed by atoms with Gasteiger partial charge in [-0.3, -0.25) is 4.79 Å². The van der Waals surface area contributed by atoms with Gasteiger partial charge in [0.15, 0.2) is 6.04 Å². The Morgan fingerprint density at radius 2 is 1.32 bits per heavy atom. The van der Waals surface area contributed by atoms with Crippen LogP contribution in [0.2, 0.25) is 0 Å². The number of ether oxygens (including phenoxy) is 2. The molecule has 2 atom stereocenters. The van der Waals surface area contributed by atoms with Gasteiger partial charge in [0.2, 0.25) is 0 Å². The summed E-state index contributed by atoms with van der Waals surface area (Å²) in [4.78, 5) is 23.1. The lowest BCUT2D eigenvalue weighted by Crippen LogP contribution is -2.50. The summed E-state index contributed by atoms with van der Waals surface area (Å²) in [6, 6.07) is -0.585. The van der Waals surface area contributed by atoms with Crippen LogP contribution in [-0.4, -0.2) is 79.7 Å². The monoisotopic (exact) mass is 520 g/mol. The van der Waals surface area contributed by atoms with Crippen LogP contribution >= 0.6 is 0 Å². The van der Waals surface area contributed by atoms with Gasteiger partial charge < -0.3 is 24.2 Å². The third-order valence-corrected chi connectivity index (χ3v) is 5.41. The van der Waals surface area contributed by atoms with E-state index in [-0.39, 0.29) is 25.8 Å². The van der Waals surface area contributed by atoms with Crippen LogP contribution in [-0.2, 0) is 19.1 Å². The highest BCUT2D eigenvalue weighted by atomic mass is 16.5. The zero-order chi connectivity index (χ0) is 27.8. The van der Waals surface area contributed by atoms with Gasteiger partial charge in [-0.15, -0.1) is 0 Å². The van der Waals surface area contributed by atoms with E-state index in [1.54, 1.807) is 0 Å². The zero-order valence-corrected chi connectivity index (χ0v) is 23.4. The number of carboxylic acid groups (broad SMARTS) is 1. The minimum absolute atomic E-state index is 0.00318. The fourth-order valence-corrected chi connectivity index (χ4v) is 3.30. The van der Waals surface area contributed by atoms with Gasteiger partial charge in [0, 0.05) is 12.8 Å². The van der Waals surface area contributed by atoms with Gasteiger partial charge in [-0.05, 0) is 44.9 Å². The molecule has 0 aliphatic rings. The van der Waals surface area contributed by atoms with Gasteiger partial charge in [-0.25, -0.2) is 4.79 Å². The number of aliphatic hydroxyl groups excluding tert-OH is 1. The van der Waals surface area contributed by atoms with Crippen molar-refractivity contribution in [1.29, 1.82) is 0 Å². The molecule has 2 N–H and O–H groups in total.